The summed E-state index contributed by atoms with van der Waals surface area (Å²) < 4.78 is 11.2. The van der Waals surface area contributed by atoms with Gasteiger partial charge < -0.3 is 14.4 Å². The summed E-state index contributed by atoms with van der Waals surface area (Å²) in [6.45, 7) is 1.69. The molecule has 156 valence electrons. The highest BCUT2D eigenvalue weighted by atomic mass is 35.5. The van der Waals surface area contributed by atoms with Crippen LogP contribution in [-0.4, -0.2) is 11.2 Å². The SMILES string of the molecule is Cc1oc2cc(OC(=O)c3ccc([NH+]([O-])O)cc3)ccc2c(=O)c1-c1ccc(Cl)cc1. The van der Waals surface area contributed by atoms with Crippen LogP contribution in [0.15, 0.2) is 75.9 Å². The number of carbonyl (C=O) groups excluding carboxylic acids is 1. The summed E-state index contributed by atoms with van der Waals surface area (Å²) in [6.07, 6.45) is 0. The molecule has 1 aromatic heterocycles. The summed E-state index contributed by atoms with van der Waals surface area (Å²) in [5.74, 6) is -0.0395. The van der Waals surface area contributed by atoms with Crippen molar-refractivity contribution in [3.8, 4) is 16.9 Å². The molecule has 4 aromatic rings. The Kier molecular flexibility index (Phi) is 5.58. The van der Waals surface area contributed by atoms with E-state index in [9.17, 15) is 14.8 Å². The first-order valence-corrected chi connectivity index (χ1v) is 9.60. The number of hydrogen-bond acceptors (Lipinski definition) is 6. The van der Waals surface area contributed by atoms with Gasteiger partial charge in [-0.25, -0.2) is 10.0 Å². The predicted molar refractivity (Wildman–Crippen MR) is 115 cm³/mol. The summed E-state index contributed by atoms with van der Waals surface area (Å²) in [5.41, 5.74) is 1.47. The van der Waals surface area contributed by atoms with Crippen LogP contribution in [0.2, 0.25) is 5.02 Å². The molecule has 1 atom stereocenters. The molecule has 0 aliphatic heterocycles. The van der Waals surface area contributed by atoms with Gasteiger partial charge in [0.2, 0.25) is 5.43 Å². The molecule has 0 saturated carbocycles. The third-order valence-electron chi connectivity index (χ3n) is 4.75. The van der Waals surface area contributed by atoms with E-state index in [4.69, 9.17) is 26.0 Å². The molecule has 8 heteroatoms. The second-order valence-corrected chi connectivity index (χ2v) is 7.24. The molecule has 0 fully saturated rings. The van der Waals surface area contributed by atoms with Gasteiger partial charge in [-0.2, -0.15) is 5.23 Å². The van der Waals surface area contributed by atoms with Crippen molar-refractivity contribution >= 4 is 34.2 Å². The Morgan fingerprint density at radius 2 is 1.74 bits per heavy atom. The Morgan fingerprint density at radius 1 is 1.06 bits per heavy atom. The molecule has 3 aromatic carbocycles. The Bertz CT molecular complexity index is 1330. The van der Waals surface area contributed by atoms with Gasteiger partial charge in [0.1, 0.15) is 17.1 Å². The molecule has 4 rings (SSSR count). The van der Waals surface area contributed by atoms with Crippen LogP contribution in [0.1, 0.15) is 16.1 Å². The van der Waals surface area contributed by atoms with Gasteiger partial charge in [0.05, 0.1) is 16.5 Å². The lowest BCUT2D eigenvalue weighted by molar-refractivity contribution is -0.991. The third-order valence-corrected chi connectivity index (χ3v) is 5.00. The minimum Gasteiger partial charge on any atom is -0.595 e. The smallest absolute Gasteiger partial charge is 0.343 e. The van der Waals surface area contributed by atoms with Gasteiger partial charge in [-0.05, 0) is 48.9 Å². The maximum absolute atomic E-state index is 13.0. The van der Waals surface area contributed by atoms with Crippen molar-refractivity contribution in [2.75, 3.05) is 0 Å². The summed E-state index contributed by atoms with van der Waals surface area (Å²) in [4.78, 5) is 25.4. The normalized spacial score (nSPS) is 12.0. The quantitative estimate of drug-likeness (QED) is 0.283. The Morgan fingerprint density at radius 3 is 2.39 bits per heavy atom. The largest absolute Gasteiger partial charge is 0.595 e. The van der Waals surface area contributed by atoms with Crippen molar-refractivity contribution < 1.29 is 24.4 Å². The van der Waals surface area contributed by atoms with E-state index >= 15 is 0 Å². The lowest BCUT2D eigenvalue weighted by atomic mass is 10.0. The molecule has 31 heavy (non-hydrogen) atoms. The maximum Gasteiger partial charge on any atom is 0.343 e. The molecule has 0 saturated heterocycles. The van der Waals surface area contributed by atoms with E-state index in [0.29, 0.717) is 27.3 Å². The zero-order valence-corrected chi connectivity index (χ0v) is 17.0. The van der Waals surface area contributed by atoms with Gasteiger partial charge in [-0.3, -0.25) is 4.79 Å². The molecule has 0 amide bonds. The summed E-state index contributed by atoms with van der Waals surface area (Å²) in [5, 5.41) is 19.7. The Hall–Kier alpha value is -3.49. The van der Waals surface area contributed by atoms with Crippen LogP contribution in [0.4, 0.5) is 5.69 Å². The van der Waals surface area contributed by atoms with Crippen LogP contribution < -0.4 is 15.4 Å². The molecular weight excluding hydrogens is 422 g/mol. The van der Waals surface area contributed by atoms with Crippen molar-refractivity contribution in [3.63, 3.8) is 0 Å². The van der Waals surface area contributed by atoms with Crippen molar-refractivity contribution in [2.45, 2.75) is 6.92 Å². The van der Waals surface area contributed by atoms with Crippen molar-refractivity contribution in [1.29, 1.82) is 0 Å². The molecule has 0 bridgehead atoms. The second kappa shape index (κ2) is 8.33. The van der Waals surface area contributed by atoms with Crippen LogP contribution in [0.3, 0.4) is 0 Å². The third kappa shape index (κ3) is 4.21. The fraction of sp³-hybridized carbons (Fsp3) is 0.0435. The second-order valence-electron chi connectivity index (χ2n) is 6.80. The number of esters is 1. The zero-order chi connectivity index (χ0) is 22.1. The average molecular weight is 438 g/mol. The first-order chi connectivity index (χ1) is 14.8. The van der Waals surface area contributed by atoms with Crippen LogP contribution in [0.5, 0.6) is 5.75 Å². The summed E-state index contributed by atoms with van der Waals surface area (Å²) in [7, 11) is 0. The van der Waals surface area contributed by atoms with E-state index in [2.05, 4.69) is 0 Å². The minimum absolute atomic E-state index is 0.0657. The molecule has 0 aliphatic rings. The van der Waals surface area contributed by atoms with E-state index in [1.54, 1.807) is 31.2 Å². The van der Waals surface area contributed by atoms with Crippen molar-refractivity contribution in [1.82, 2.24) is 0 Å². The topological polar surface area (TPSA) is 104 Å². The maximum atomic E-state index is 13.0. The standard InChI is InChI=1S/C23H16ClNO6/c1-13-21(14-2-6-16(24)7-3-14)22(26)19-11-10-18(12-20(19)30-13)31-23(27)15-4-8-17(9-5-15)25(28)29/h2-12,25,28H,1H3. The first kappa shape index (κ1) is 20.8. The van der Waals surface area contributed by atoms with Crippen LogP contribution >= 0.6 is 11.6 Å². The number of hydrogen-bond donors (Lipinski definition) is 2. The fourth-order valence-corrected chi connectivity index (χ4v) is 3.34. The van der Waals surface area contributed by atoms with Gasteiger partial charge in [-0.1, -0.05) is 23.7 Å². The van der Waals surface area contributed by atoms with E-state index in [0.717, 1.165) is 0 Å². The van der Waals surface area contributed by atoms with Crippen molar-refractivity contribution in [3.05, 3.63) is 98.5 Å². The van der Waals surface area contributed by atoms with Gasteiger partial charge >= 0.3 is 5.97 Å². The number of nitrogens with one attached hydrogen (secondary N) is 1. The molecule has 1 unspecified atom stereocenters. The fourth-order valence-electron chi connectivity index (χ4n) is 3.21. The van der Waals surface area contributed by atoms with E-state index < -0.39 is 11.2 Å². The van der Waals surface area contributed by atoms with E-state index in [-0.39, 0.29) is 28.0 Å². The van der Waals surface area contributed by atoms with Crippen LogP contribution in [0, 0.1) is 12.1 Å². The number of halogens is 1. The van der Waals surface area contributed by atoms with Gasteiger partial charge in [-0.15, -0.1) is 0 Å². The summed E-state index contributed by atoms with van der Waals surface area (Å²) >= 11 is 5.93. The highest BCUT2D eigenvalue weighted by Crippen LogP contribution is 2.27. The lowest BCUT2D eigenvalue weighted by Crippen LogP contribution is -2.99. The molecule has 0 aliphatic carbocycles. The summed E-state index contributed by atoms with van der Waals surface area (Å²) in [6, 6.07) is 16.8. The number of quaternary nitrogens is 1. The Labute approximate surface area is 181 Å². The molecule has 0 radical (unpaired) electrons. The predicted octanol–water partition coefficient (Wildman–Crippen LogP) is 4.04. The number of ether oxygens (including phenoxy) is 1. The number of rotatable bonds is 4. The molecule has 7 nitrogen and oxygen atoms in total. The monoisotopic (exact) mass is 437 g/mol. The number of fused-ring (bicyclic) bond motifs is 1. The first-order valence-electron chi connectivity index (χ1n) is 9.22. The van der Waals surface area contributed by atoms with Gasteiger partial charge in [0.25, 0.3) is 0 Å². The van der Waals surface area contributed by atoms with Crippen molar-refractivity contribution in [2.24, 2.45) is 0 Å². The lowest BCUT2D eigenvalue weighted by Gasteiger charge is -2.11. The van der Waals surface area contributed by atoms with E-state index in [1.165, 1.54) is 42.5 Å². The zero-order valence-electron chi connectivity index (χ0n) is 16.2. The minimum atomic E-state index is -1.09. The number of carbonyl (C=O) groups is 1. The Balaban J connectivity index is 1.65. The number of aryl methyl sites for hydroxylation is 1. The highest BCUT2D eigenvalue weighted by Gasteiger charge is 2.16. The van der Waals surface area contributed by atoms with Crippen LogP contribution in [0.25, 0.3) is 22.1 Å². The molecule has 2 N–H and O–H groups in total. The highest BCUT2D eigenvalue weighted by molar-refractivity contribution is 6.30. The number of benzene rings is 3. The van der Waals surface area contributed by atoms with Gasteiger partial charge in [0.15, 0.2) is 5.69 Å². The molecule has 1 heterocycles. The molecular formula is C23H16ClNO6. The van der Waals surface area contributed by atoms with Gasteiger partial charge in [0, 0.05) is 23.2 Å². The van der Waals surface area contributed by atoms with Crippen LogP contribution in [-0.2, 0) is 0 Å². The molecule has 0 spiro atoms. The van der Waals surface area contributed by atoms with E-state index in [1.807, 2.05) is 0 Å². The average Bonchev–Trinajstić information content (AvgIpc) is 2.75.